The third kappa shape index (κ3) is 3.45. The smallest absolute Gasteiger partial charge is 0.410 e. The molecule has 1 amide bonds. The first-order valence-corrected chi connectivity index (χ1v) is 5.95. The van der Waals surface area contributed by atoms with Gasteiger partial charge in [-0.2, -0.15) is 0 Å². The molecule has 18 heavy (non-hydrogen) atoms. The van der Waals surface area contributed by atoms with Gasteiger partial charge in [-0.15, -0.1) is 0 Å². The largest absolute Gasteiger partial charge is 0.444 e. The summed E-state index contributed by atoms with van der Waals surface area (Å²) in [6, 6.07) is 0. The van der Waals surface area contributed by atoms with Gasteiger partial charge in [0.1, 0.15) is 17.4 Å². The second kappa shape index (κ2) is 5.26. The zero-order chi connectivity index (χ0) is 14.8. The van der Waals surface area contributed by atoms with Crippen LogP contribution in [-0.2, 0) is 9.53 Å². The highest BCUT2D eigenvalue weighted by molar-refractivity contribution is 5.77. The van der Waals surface area contributed by atoms with E-state index in [9.17, 15) is 14.7 Å². The Morgan fingerprint density at radius 2 is 1.67 bits per heavy atom. The molecular weight excluding hydrogens is 234 g/mol. The first-order valence-electron chi connectivity index (χ1n) is 5.95. The van der Waals surface area contributed by atoms with Gasteiger partial charge < -0.3 is 14.6 Å². The zero-order valence-electron chi connectivity index (χ0n) is 12.4. The predicted molar refractivity (Wildman–Crippen MR) is 69.3 cm³/mol. The van der Waals surface area contributed by atoms with Crippen molar-refractivity contribution < 1.29 is 19.4 Å². The van der Waals surface area contributed by atoms with Gasteiger partial charge in [0, 0.05) is 12.5 Å². The average Bonchev–Trinajstić information content (AvgIpc) is 2.24. The van der Waals surface area contributed by atoms with E-state index in [1.165, 1.54) is 11.9 Å². The molecule has 0 aromatic rings. The topological polar surface area (TPSA) is 66.8 Å². The van der Waals surface area contributed by atoms with E-state index >= 15 is 0 Å². The lowest BCUT2D eigenvalue weighted by atomic mass is 9.74. The van der Waals surface area contributed by atoms with Gasteiger partial charge in [0.2, 0.25) is 0 Å². The predicted octanol–water partition coefficient (Wildman–Crippen LogP) is 1.83. The van der Waals surface area contributed by atoms with Gasteiger partial charge in [-0.1, -0.05) is 13.8 Å². The number of aliphatic hydroxyl groups excluding tert-OH is 1. The molecule has 0 aromatic heterocycles. The number of carbonyl (C=O) groups excluding carboxylic acids is 2. The molecular formula is C13H25NO4. The van der Waals surface area contributed by atoms with Crippen molar-refractivity contribution in [3.8, 4) is 0 Å². The Morgan fingerprint density at radius 1 is 1.22 bits per heavy atom. The fraction of sp³-hybridized carbons (Fsp3) is 0.846. The highest BCUT2D eigenvalue weighted by Crippen LogP contribution is 2.34. The van der Waals surface area contributed by atoms with Crippen LogP contribution >= 0.6 is 0 Å². The number of amides is 1. The van der Waals surface area contributed by atoms with Crippen LogP contribution in [0.2, 0.25) is 0 Å². The molecule has 0 aromatic carbocycles. The second-order valence-corrected chi connectivity index (χ2v) is 6.35. The van der Waals surface area contributed by atoms with Crippen LogP contribution in [0.25, 0.3) is 0 Å². The lowest BCUT2D eigenvalue weighted by molar-refractivity contribution is -0.126. The maximum Gasteiger partial charge on any atom is 0.410 e. The highest BCUT2D eigenvalue weighted by atomic mass is 16.6. The first-order chi connectivity index (χ1) is 7.91. The molecule has 1 unspecified atom stereocenters. The average molecular weight is 259 g/mol. The molecule has 5 nitrogen and oxygen atoms in total. The molecule has 0 aliphatic heterocycles. The summed E-state index contributed by atoms with van der Waals surface area (Å²) in [4.78, 5) is 24.6. The van der Waals surface area contributed by atoms with Gasteiger partial charge in [0.15, 0.2) is 0 Å². The van der Waals surface area contributed by atoms with Gasteiger partial charge in [0.05, 0.1) is 6.61 Å². The fourth-order valence-electron chi connectivity index (χ4n) is 1.37. The van der Waals surface area contributed by atoms with Crippen molar-refractivity contribution >= 4 is 12.4 Å². The summed E-state index contributed by atoms with van der Waals surface area (Å²) in [5, 5.41) is 9.39. The molecule has 1 atom stereocenters. The Morgan fingerprint density at radius 3 is 1.94 bits per heavy atom. The number of carbonyl (C=O) groups is 2. The maximum absolute atomic E-state index is 12.0. The molecule has 0 spiro atoms. The fourth-order valence-corrected chi connectivity index (χ4v) is 1.37. The van der Waals surface area contributed by atoms with E-state index < -0.39 is 22.6 Å². The van der Waals surface area contributed by atoms with Crippen LogP contribution in [0.5, 0.6) is 0 Å². The number of aliphatic hydroxyl groups is 1. The van der Waals surface area contributed by atoms with Crippen LogP contribution in [0.3, 0.4) is 0 Å². The van der Waals surface area contributed by atoms with E-state index in [4.69, 9.17) is 4.74 Å². The van der Waals surface area contributed by atoms with Crippen LogP contribution < -0.4 is 0 Å². The third-order valence-electron chi connectivity index (χ3n) is 3.36. The Balaban J connectivity index is 5.20. The van der Waals surface area contributed by atoms with Gasteiger partial charge in [-0.3, -0.25) is 4.90 Å². The van der Waals surface area contributed by atoms with Crippen molar-refractivity contribution in [3.05, 3.63) is 0 Å². The summed E-state index contributed by atoms with van der Waals surface area (Å²) >= 11 is 0. The van der Waals surface area contributed by atoms with Crippen molar-refractivity contribution in [1.29, 1.82) is 0 Å². The van der Waals surface area contributed by atoms with Crippen molar-refractivity contribution in [2.45, 2.75) is 52.7 Å². The van der Waals surface area contributed by atoms with E-state index in [2.05, 4.69) is 0 Å². The lowest BCUT2D eigenvalue weighted by Gasteiger charge is -2.45. The number of ether oxygens (including phenoxy) is 1. The minimum absolute atomic E-state index is 0.213. The number of hydrogen-bond donors (Lipinski definition) is 1. The summed E-state index contributed by atoms with van der Waals surface area (Å²) in [6.45, 7) is 10.1. The van der Waals surface area contributed by atoms with Gasteiger partial charge >= 0.3 is 6.09 Å². The highest BCUT2D eigenvalue weighted by Gasteiger charge is 2.47. The molecule has 106 valence electrons. The molecule has 0 saturated heterocycles. The number of aldehydes is 1. The normalized spacial score (nSPS) is 15.8. The minimum Gasteiger partial charge on any atom is -0.444 e. The van der Waals surface area contributed by atoms with Crippen molar-refractivity contribution in [2.75, 3.05) is 13.7 Å². The van der Waals surface area contributed by atoms with E-state index in [1.54, 1.807) is 41.5 Å². The molecule has 0 bridgehead atoms. The standard InChI is InChI=1S/C13H25NO4/c1-11(2,3)18-10(17)14(7)13(6,9-16)12(4,5)8-15/h9,15H,8H2,1-7H3. The Bertz CT molecular complexity index is 319. The maximum atomic E-state index is 12.0. The van der Waals surface area contributed by atoms with E-state index in [1.807, 2.05) is 0 Å². The molecule has 0 aliphatic rings. The number of likely N-dealkylation sites (N-methyl/N-ethyl adjacent to an activating group) is 1. The SMILES string of the molecule is CN(C(=O)OC(C)(C)C)C(C)(C=O)C(C)(C)CO. The Labute approximate surface area is 109 Å². The molecule has 0 aliphatic carbocycles. The lowest BCUT2D eigenvalue weighted by Crippen LogP contribution is -2.59. The Kier molecular flexibility index (Phi) is 4.94. The van der Waals surface area contributed by atoms with E-state index in [0.717, 1.165) is 0 Å². The molecule has 1 N–H and O–H groups in total. The molecule has 0 rings (SSSR count). The van der Waals surface area contributed by atoms with Crippen molar-refractivity contribution in [3.63, 3.8) is 0 Å². The molecule has 5 heteroatoms. The number of hydrogen-bond acceptors (Lipinski definition) is 4. The van der Waals surface area contributed by atoms with E-state index in [0.29, 0.717) is 6.29 Å². The molecule has 0 heterocycles. The van der Waals surface area contributed by atoms with Crippen molar-refractivity contribution in [1.82, 2.24) is 4.90 Å². The van der Waals surface area contributed by atoms with Gasteiger partial charge in [0.25, 0.3) is 0 Å². The summed E-state index contributed by atoms with van der Waals surface area (Å²) in [5.41, 5.74) is -2.52. The minimum atomic E-state index is -1.13. The summed E-state index contributed by atoms with van der Waals surface area (Å²) < 4.78 is 5.23. The summed E-state index contributed by atoms with van der Waals surface area (Å²) in [6.07, 6.45) is 0.0891. The third-order valence-corrected chi connectivity index (χ3v) is 3.36. The van der Waals surface area contributed by atoms with Crippen molar-refractivity contribution in [2.24, 2.45) is 5.41 Å². The van der Waals surface area contributed by atoms with Crippen LogP contribution in [0.1, 0.15) is 41.5 Å². The number of rotatable bonds is 4. The quantitative estimate of drug-likeness (QED) is 0.782. The second-order valence-electron chi connectivity index (χ2n) is 6.35. The summed E-state index contributed by atoms with van der Waals surface area (Å²) in [5.74, 6) is 0. The molecule has 0 radical (unpaired) electrons. The summed E-state index contributed by atoms with van der Waals surface area (Å²) in [7, 11) is 1.50. The van der Waals surface area contributed by atoms with Crippen LogP contribution in [0.15, 0.2) is 0 Å². The molecule has 0 fully saturated rings. The monoisotopic (exact) mass is 259 g/mol. The van der Waals surface area contributed by atoms with Crippen LogP contribution in [0.4, 0.5) is 4.79 Å². The van der Waals surface area contributed by atoms with E-state index in [-0.39, 0.29) is 6.61 Å². The zero-order valence-corrected chi connectivity index (χ0v) is 12.4. The molecule has 0 saturated carbocycles. The van der Waals surface area contributed by atoms with Gasteiger partial charge in [-0.05, 0) is 27.7 Å². The van der Waals surface area contributed by atoms with Gasteiger partial charge in [-0.25, -0.2) is 4.79 Å². The Hall–Kier alpha value is -1.10. The first kappa shape index (κ1) is 16.9. The number of nitrogens with zero attached hydrogens (tertiary/aromatic N) is 1. The van der Waals surface area contributed by atoms with Crippen LogP contribution in [-0.4, -0.2) is 47.2 Å². The van der Waals surface area contributed by atoms with Crippen LogP contribution in [0, 0.1) is 5.41 Å².